The van der Waals surface area contributed by atoms with Gasteiger partial charge in [-0.05, 0) is 38.7 Å². The van der Waals surface area contributed by atoms with Crippen LogP contribution in [0.4, 0.5) is 0 Å². The molecule has 0 heterocycles. The summed E-state index contributed by atoms with van der Waals surface area (Å²) >= 11 is 0. The quantitative estimate of drug-likeness (QED) is 0.555. The van der Waals surface area contributed by atoms with Crippen LogP contribution in [0.15, 0.2) is 11.1 Å². The van der Waals surface area contributed by atoms with E-state index in [4.69, 9.17) is 4.74 Å². The predicted octanol–water partition coefficient (Wildman–Crippen LogP) is 1.97. The molecule has 0 aromatic rings. The molecule has 0 saturated heterocycles. The van der Waals surface area contributed by atoms with Gasteiger partial charge in [-0.3, -0.25) is 9.59 Å². The number of carbonyl (C=O) groups excluding carboxylic acids is 3. The van der Waals surface area contributed by atoms with Gasteiger partial charge in [0.05, 0.1) is 6.61 Å². The molecular formula is C14H18O4. The van der Waals surface area contributed by atoms with Gasteiger partial charge in [0.2, 0.25) is 0 Å². The van der Waals surface area contributed by atoms with Gasteiger partial charge in [-0.2, -0.15) is 0 Å². The molecule has 1 fully saturated rings. The first-order valence-corrected chi connectivity index (χ1v) is 6.48. The number of hydrogen-bond acceptors (Lipinski definition) is 4. The molecule has 0 amide bonds. The number of allylic oxidation sites excluding steroid dienone is 1. The molecule has 18 heavy (non-hydrogen) atoms. The summed E-state index contributed by atoms with van der Waals surface area (Å²) in [6, 6.07) is 0. The molecule has 0 aromatic heterocycles. The molecule has 1 saturated carbocycles. The fourth-order valence-electron chi connectivity index (χ4n) is 2.93. The Bertz CT molecular complexity index is 447. The van der Waals surface area contributed by atoms with Crippen LogP contribution in [0, 0.1) is 5.41 Å². The van der Waals surface area contributed by atoms with Gasteiger partial charge in [0.25, 0.3) is 0 Å². The molecule has 0 aliphatic heterocycles. The molecular weight excluding hydrogens is 232 g/mol. The van der Waals surface area contributed by atoms with Gasteiger partial charge >= 0.3 is 5.97 Å². The van der Waals surface area contributed by atoms with Crippen molar-refractivity contribution in [1.29, 1.82) is 0 Å². The van der Waals surface area contributed by atoms with Gasteiger partial charge in [-0.15, -0.1) is 0 Å². The van der Waals surface area contributed by atoms with Crippen LogP contribution in [-0.4, -0.2) is 24.1 Å². The van der Waals surface area contributed by atoms with Crippen LogP contribution in [-0.2, 0) is 19.1 Å². The fourth-order valence-corrected chi connectivity index (χ4v) is 2.93. The Kier molecular flexibility index (Phi) is 3.37. The highest BCUT2D eigenvalue weighted by Gasteiger charge is 2.46. The Morgan fingerprint density at radius 2 is 2.00 bits per heavy atom. The summed E-state index contributed by atoms with van der Waals surface area (Å²) in [5.41, 5.74) is 0.251. The van der Waals surface area contributed by atoms with E-state index < -0.39 is 11.4 Å². The van der Waals surface area contributed by atoms with Crippen molar-refractivity contribution in [3.8, 4) is 0 Å². The standard InChI is InChI=1S/C14H18O4/c1-3-18-13(17)12-9-5-4-6-11(16)14(9,2)8-7-10(12)15/h3-8H2,1-2H3/t14-/m0/s1. The van der Waals surface area contributed by atoms with E-state index in [1.807, 2.05) is 6.92 Å². The second-order valence-corrected chi connectivity index (χ2v) is 5.11. The van der Waals surface area contributed by atoms with Crippen LogP contribution in [0.3, 0.4) is 0 Å². The lowest BCUT2D eigenvalue weighted by Crippen LogP contribution is -2.40. The Hall–Kier alpha value is -1.45. The molecule has 0 aromatic carbocycles. The minimum absolute atomic E-state index is 0.151. The van der Waals surface area contributed by atoms with Crippen molar-refractivity contribution in [2.75, 3.05) is 6.61 Å². The zero-order valence-electron chi connectivity index (χ0n) is 10.9. The third kappa shape index (κ3) is 1.89. The first kappa shape index (κ1) is 13.0. The summed E-state index contributed by atoms with van der Waals surface area (Å²) in [4.78, 5) is 35.9. The maximum Gasteiger partial charge on any atom is 0.341 e. The molecule has 2 aliphatic rings. The molecule has 1 atom stereocenters. The third-order valence-electron chi connectivity index (χ3n) is 4.02. The van der Waals surface area contributed by atoms with Crippen molar-refractivity contribution < 1.29 is 19.1 Å². The van der Waals surface area contributed by atoms with E-state index in [1.165, 1.54) is 0 Å². The minimum atomic E-state index is -0.617. The van der Waals surface area contributed by atoms with E-state index in [1.54, 1.807) is 6.92 Å². The summed E-state index contributed by atoms with van der Waals surface area (Å²) in [5.74, 6) is -0.577. The van der Waals surface area contributed by atoms with Crippen LogP contribution in [0.25, 0.3) is 0 Å². The highest BCUT2D eigenvalue weighted by atomic mass is 16.5. The van der Waals surface area contributed by atoms with Gasteiger partial charge in [-0.25, -0.2) is 4.79 Å². The molecule has 98 valence electrons. The number of esters is 1. The first-order valence-electron chi connectivity index (χ1n) is 6.48. The molecule has 4 nitrogen and oxygen atoms in total. The van der Waals surface area contributed by atoms with E-state index >= 15 is 0 Å². The van der Waals surface area contributed by atoms with Crippen molar-refractivity contribution in [3.63, 3.8) is 0 Å². The van der Waals surface area contributed by atoms with Crippen LogP contribution >= 0.6 is 0 Å². The van der Waals surface area contributed by atoms with Crippen molar-refractivity contribution in [2.24, 2.45) is 5.41 Å². The number of ketones is 2. The summed E-state index contributed by atoms with van der Waals surface area (Å²) in [7, 11) is 0. The average molecular weight is 250 g/mol. The van der Waals surface area contributed by atoms with Crippen LogP contribution in [0.5, 0.6) is 0 Å². The molecule has 4 heteroatoms. The maximum atomic E-state index is 12.1. The van der Waals surface area contributed by atoms with Crippen molar-refractivity contribution >= 4 is 17.5 Å². The first-order chi connectivity index (χ1) is 8.50. The second-order valence-electron chi connectivity index (χ2n) is 5.11. The van der Waals surface area contributed by atoms with E-state index in [0.29, 0.717) is 24.8 Å². The van der Waals surface area contributed by atoms with Gasteiger partial charge in [0.15, 0.2) is 5.78 Å². The normalized spacial score (nSPS) is 28.1. The van der Waals surface area contributed by atoms with E-state index in [2.05, 4.69) is 0 Å². The molecule has 0 radical (unpaired) electrons. The van der Waals surface area contributed by atoms with Crippen LogP contribution in [0.1, 0.15) is 46.0 Å². The van der Waals surface area contributed by atoms with Crippen molar-refractivity contribution in [3.05, 3.63) is 11.1 Å². The molecule has 0 bridgehead atoms. The number of ether oxygens (including phenoxy) is 1. The highest BCUT2D eigenvalue weighted by Crippen LogP contribution is 2.46. The Labute approximate surface area is 106 Å². The Morgan fingerprint density at radius 3 is 2.67 bits per heavy atom. The summed E-state index contributed by atoms with van der Waals surface area (Å²) in [5, 5.41) is 0. The van der Waals surface area contributed by atoms with Crippen LogP contribution < -0.4 is 0 Å². The lowest BCUT2D eigenvalue weighted by atomic mass is 9.63. The molecule has 2 aliphatic carbocycles. The van der Waals surface area contributed by atoms with E-state index in [-0.39, 0.29) is 30.2 Å². The zero-order chi connectivity index (χ0) is 13.3. The number of fused-ring (bicyclic) bond motifs is 1. The fraction of sp³-hybridized carbons (Fsp3) is 0.643. The summed E-state index contributed by atoms with van der Waals surface area (Å²) in [6.45, 7) is 3.81. The summed E-state index contributed by atoms with van der Waals surface area (Å²) in [6.07, 6.45) is 2.72. The Morgan fingerprint density at radius 1 is 1.28 bits per heavy atom. The smallest absolute Gasteiger partial charge is 0.341 e. The minimum Gasteiger partial charge on any atom is -0.462 e. The van der Waals surface area contributed by atoms with Gasteiger partial charge in [0, 0.05) is 18.3 Å². The highest BCUT2D eigenvalue weighted by molar-refractivity contribution is 6.19. The van der Waals surface area contributed by atoms with Gasteiger partial charge in [0.1, 0.15) is 11.4 Å². The lowest BCUT2D eigenvalue weighted by Gasteiger charge is -2.39. The van der Waals surface area contributed by atoms with Crippen molar-refractivity contribution in [1.82, 2.24) is 0 Å². The Balaban J connectivity index is 2.49. The predicted molar refractivity (Wildman–Crippen MR) is 64.9 cm³/mol. The SMILES string of the molecule is CCOC(=O)C1=C2CCCC(=O)[C@@]2(C)CCC1=O. The maximum absolute atomic E-state index is 12.1. The zero-order valence-corrected chi connectivity index (χ0v) is 10.9. The second kappa shape index (κ2) is 4.67. The van der Waals surface area contributed by atoms with Crippen molar-refractivity contribution in [2.45, 2.75) is 46.0 Å². The van der Waals surface area contributed by atoms with E-state index in [9.17, 15) is 14.4 Å². The molecule has 2 rings (SSSR count). The van der Waals surface area contributed by atoms with Gasteiger partial charge in [-0.1, -0.05) is 0 Å². The third-order valence-corrected chi connectivity index (χ3v) is 4.02. The number of carbonyl (C=O) groups is 3. The number of Topliss-reactive ketones (excluding diaryl/α,β-unsaturated/α-hetero) is 2. The molecule has 0 N–H and O–H groups in total. The lowest BCUT2D eigenvalue weighted by molar-refractivity contribution is -0.140. The number of rotatable bonds is 2. The van der Waals surface area contributed by atoms with Crippen LogP contribution in [0.2, 0.25) is 0 Å². The number of hydrogen-bond donors (Lipinski definition) is 0. The monoisotopic (exact) mass is 250 g/mol. The summed E-state index contributed by atoms with van der Waals surface area (Å²) < 4.78 is 4.95. The van der Waals surface area contributed by atoms with Gasteiger partial charge < -0.3 is 4.74 Å². The molecule has 0 spiro atoms. The largest absolute Gasteiger partial charge is 0.462 e. The topological polar surface area (TPSA) is 60.4 Å². The van der Waals surface area contributed by atoms with E-state index in [0.717, 1.165) is 6.42 Å². The molecule has 0 unspecified atom stereocenters. The average Bonchev–Trinajstić information content (AvgIpc) is 2.32.